The largest absolute Gasteiger partial charge is 1.00 e. The van der Waals surface area contributed by atoms with Gasteiger partial charge in [0.25, 0.3) is 10.1 Å². The van der Waals surface area contributed by atoms with Crippen LogP contribution in [-0.2, 0) is 65.8 Å². The van der Waals surface area contributed by atoms with E-state index in [0.717, 1.165) is 5.56 Å². The molecule has 8 aromatic heterocycles. The Morgan fingerprint density at radius 3 is 1.17 bits per heavy atom. The molecule has 6 fully saturated rings. The minimum Gasteiger partial charge on any atom is -1.00 e. The Morgan fingerprint density at radius 2 is 0.823 bits per heavy atom. The maximum Gasteiger partial charge on any atom is 1.00 e. The maximum atomic E-state index is 12.7. The number of imidazole rings is 4. The molecule has 6 aliphatic heterocycles. The Hall–Kier alpha value is -3.33. The fourth-order valence-electron chi connectivity index (χ4n) is 12.4. The molecule has 43 nitrogen and oxygen atoms in total. The second kappa shape index (κ2) is 36.9. The summed E-state index contributed by atoms with van der Waals surface area (Å²) >= 11 is 5.29. The van der Waals surface area contributed by atoms with Crippen molar-refractivity contribution in [2.24, 2.45) is 0 Å². The van der Waals surface area contributed by atoms with Crippen LogP contribution in [0.25, 0.3) is 44.7 Å². The van der Waals surface area contributed by atoms with Crippen LogP contribution >= 0.6 is 62.2 Å². The van der Waals surface area contributed by atoms with Crippen LogP contribution in [-0.4, -0.2) is 258 Å². The van der Waals surface area contributed by atoms with Crippen LogP contribution in [0.3, 0.4) is 0 Å². The Morgan fingerprint density at radius 1 is 0.504 bits per heavy atom. The fraction of sp³-hybridized carbons (Fsp3) is 0.567. The van der Waals surface area contributed by atoms with E-state index in [-0.39, 0.29) is 152 Å². The van der Waals surface area contributed by atoms with E-state index in [1.165, 1.54) is 81.0 Å². The standard InChI is InChI=1S/C21H25N5O6S2.C14H23N5O9P2S.C14H19N5O4S.C11H15N5O4S.3Na.3H/c1-11-5-7-12(8-6-11)34(27,28)29-9-13-15-16(32-21(2,3)31-15)19(30-13)26-10-23-14-17(22)24-20(33-4)25-18(14)26;1-14(2,29(22,23)24)30(25,26)27-4-6-8(20)9(21)12(28-6)19-5-16-7-10(15)17-13(31-3)18-11(7)19;1-14(2)22-8-6(4-20)21-12(9(8)23-14)19-5-16-7-10(15)17-13(24-3)18-11(7)19;1-21-11-14-8(12)5-9(15-11)16(3-13-5)10-7(19)6(18)4(2-17)20-10;;;;;;/h5-8,10,13,15-16,19H,9H2,1-4H3,(H2,22,24,25);5-6,8-9,12,20-21H,4H2,1-3H3,(H,25,26)(H2,15,17,18)(H2,22,23,24);5-6,8-9,12,20H,4H2,1-3H3,(H2,15,17,18);3-4,6-7,10,17-19H,2H2,1H3,(H2,12,14,15);;;;;;/q;;;;3*+1;3*-1/p-3. The second-order valence-electron chi connectivity index (χ2n) is 26.7. The van der Waals surface area contributed by atoms with Crippen LogP contribution in [0.5, 0.6) is 0 Å². The molecule has 1 aromatic carbocycles. The van der Waals surface area contributed by atoms with Crippen LogP contribution < -0.4 is 126 Å². The van der Waals surface area contributed by atoms with E-state index in [9.17, 15) is 57.8 Å². The van der Waals surface area contributed by atoms with Crippen molar-refractivity contribution >= 4 is 140 Å². The Bertz CT molecular complexity index is 5110. The Labute approximate surface area is 732 Å². The number of nitrogens with two attached hydrogens (primary N) is 4. The van der Waals surface area contributed by atoms with E-state index in [2.05, 4.69) is 59.8 Å². The second-order valence-corrected chi connectivity index (χ2v) is 36.3. The zero-order valence-corrected chi connectivity index (χ0v) is 75.1. The molecule has 53 heteroatoms. The first kappa shape index (κ1) is 93.5. The van der Waals surface area contributed by atoms with Crippen molar-refractivity contribution in [3.8, 4) is 0 Å². The number of ether oxygens (including phenoxy) is 8. The molecule has 14 heterocycles. The number of hydrogen-bond donors (Lipinski definition) is 10. The van der Waals surface area contributed by atoms with Gasteiger partial charge in [-0.2, -0.15) is 8.42 Å². The van der Waals surface area contributed by atoms with Gasteiger partial charge in [0.15, 0.2) is 103 Å². The third-order valence-electron chi connectivity index (χ3n) is 18.3. The quantitative estimate of drug-likeness (QED) is 0.0118. The third-order valence-corrected chi connectivity index (χ3v) is 26.4. The van der Waals surface area contributed by atoms with Crippen molar-refractivity contribution in [1.29, 1.82) is 0 Å². The molecule has 14 N–H and O–H groups in total. The third kappa shape index (κ3) is 19.1. The number of fused-ring (bicyclic) bond motifs is 6. The summed E-state index contributed by atoms with van der Waals surface area (Å²) in [5.41, 5.74) is 27.9. The van der Waals surface area contributed by atoms with Crippen LogP contribution in [0.15, 0.2) is 75.1 Å². The number of aryl methyl sites for hydroxylation is 1. The zero-order valence-electron chi connectivity index (χ0n) is 66.2. The summed E-state index contributed by atoms with van der Waals surface area (Å²) in [7, 11) is -14.8. The summed E-state index contributed by atoms with van der Waals surface area (Å²) in [6.45, 7) is 8.93. The average Bonchev–Trinajstić information content (AvgIpc) is 1.57. The number of rotatable bonds is 19. The van der Waals surface area contributed by atoms with E-state index in [1.807, 2.05) is 39.5 Å². The first-order chi connectivity index (χ1) is 51.8. The molecule has 17 unspecified atom stereocenters. The molecule has 0 radical (unpaired) electrons. The van der Waals surface area contributed by atoms with Gasteiger partial charge < -0.3 is 124 Å². The minimum absolute atomic E-state index is 0. The Balaban J connectivity index is 0.000000240. The number of benzene rings is 1. The van der Waals surface area contributed by atoms with Gasteiger partial charge in [-0.1, -0.05) is 72.3 Å². The predicted octanol–water partition coefficient (Wildman–Crippen LogP) is -9.14. The number of thioether (sulfide) groups is 4. The minimum atomic E-state index is -5.56. The van der Waals surface area contributed by atoms with Gasteiger partial charge in [0.2, 0.25) is 0 Å². The van der Waals surface area contributed by atoms with E-state index in [1.54, 1.807) is 54.0 Å². The molecule has 6 aliphatic rings. The normalized spacial score (nSPS) is 27.5. The number of aromatic nitrogens is 16. The average molecular weight is 1740 g/mol. The Kier molecular flexibility index (Phi) is 30.6. The molecule has 0 saturated carbocycles. The van der Waals surface area contributed by atoms with Crippen LogP contribution in [0.4, 0.5) is 23.3 Å². The van der Waals surface area contributed by atoms with E-state index in [0.29, 0.717) is 73.8 Å². The van der Waals surface area contributed by atoms with E-state index < -0.39 is 141 Å². The molecule has 0 aliphatic carbocycles. The van der Waals surface area contributed by atoms with Gasteiger partial charge in [-0.15, -0.1) is 0 Å². The maximum absolute atomic E-state index is 12.7. The fourth-order valence-corrected chi connectivity index (χ4v) is 16.9. The van der Waals surface area contributed by atoms with Crippen molar-refractivity contribution in [3.05, 3.63) is 55.1 Å². The van der Waals surface area contributed by atoms with Gasteiger partial charge in [-0.3, -0.25) is 22.5 Å². The summed E-state index contributed by atoms with van der Waals surface area (Å²) in [5.74, 6) is -0.721. The monoisotopic (exact) mass is 1740 g/mol. The number of aliphatic hydroxyl groups is 6. The number of hydrogen-bond acceptors (Lipinski definition) is 43. The molecule has 0 amide bonds. The first-order valence-corrected chi connectivity index (χ1v) is 42.6. The molecule has 9 aromatic rings. The van der Waals surface area contributed by atoms with Crippen LogP contribution in [0.1, 0.15) is 76.3 Å². The predicted molar refractivity (Wildman–Crippen MR) is 390 cm³/mol. The number of aliphatic hydroxyl groups excluding tert-OH is 6. The molecule has 17 atom stereocenters. The summed E-state index contributed by atoms with van der Waals surface area (Å²) in [6.07, 6.45) is -0.993. The van der Waals surface area contributed by atoms with Crippen molar-refractivity contribution < 1.29 is 202 Å². The molecule has 6 saturated heterocycles. The molecule has 113 heavy (non-hydrogen) atoms. The van der Waals surface area contributed by atoms with Gasteiger partial charge >= 0.3 is 88.7 Å². The van der Waals surface area contributed by atoms with Crippen molar-refractivity contribution in [1.82, 2.24) is 78.1 Å². The van der Waals surface area contributed by atoms with Gasteiger partial charge in [-0.25, -0.2) is 59.8 Å². The van der Waals surface area contributed by atoms with Gasteiger partial charge in [0, 0.05) is 0 Å². The SMILES string of the molecule is CSc1nc(N)c2ncn(C3OC(CO)C(O)C3O)c2n1.CSc1nc(N)c2ncn(C3OC(CO)C4OC(C)(C)OC43)c2n1.CSc1nc(N)c2ncn(C3OC(COP(=O)([O-])C(C)(C)P(=O)([O-])[O-])C(O)C3O)c2n1.CSc1nc(N)c2ncn(C3OC(COS(=O)(=O)c4ccc(C)cc4)C4OC(C)(C)OC43)c2n1.[H-].[H-].[H-].[Na+].[Na+].[Na+]. The first-order valence-electron chi connectivity index (χ1n) is 33.2. The molecular weight excluding hydrogens is 1660 g/mol. The molecular formula is C60H82N20Na3O23P2S5-3. The zero-order chi connectivity index (χ0) is 79.8. The van der Waals surface area contributed by atoms with Crippen molar-refractivity contribution in [2.75, 3.05) is 74.4 Å². The van der Waals surface area contributed by atoms with Crippen molar-refractivity contribution in [3.63, 3.8) is 0 Å². The molecule has 0 bridgehead atoms. The molecule has 15 rings (SSSR count). The number of nitrogens with zero attached hydrogens (tertiary/aromatic N) is 16. The van der Waals surface area contributed by atoms with E-state index in [4.69, 9.17) is 74.6 Å². The van der Waals surface area contributed by atoms with E-state index >= 15 is 0 Å². The van der Waals surface area contributed by atoms with Crippen LogP contribution in [0.2, 0.25) is 0 Å². The summed E-state index contributed by atoms with van der Waals surface area (Å²) in [5, 5.41) is 61.2. The summed E-state index contributed by atoms with van der Waals surface area (Å²) in [6, 6.07) is 6.45. The smallest absolute Gasteiger partial charge is 1.00 e. The topological polar surface area (TPSA) is 630 Å². The number of nitrogen functional groups attached to an aromatic ring is 4. The molecule has 0 spiro atoms. The van der Waals surface area contributed by atoms with Gasteiger partial charge in [0.1, 0.15) is 103 Å². The van der Waals surface area contributed by atoms with Crippen LogP contribution in [0, 0.1) is 6.92 Å². The number of anilines is 4. The summed E-state index contributed by atoms with van der Waals surface area (Å²) < 4.78 is 112. The summed E-state index contributed by atoms with van der Waals surface area (Å²) in [4.78, 5) is 83.2. The molecule has 606 valence electrons. The van der Waals surface area contributed by atoms with Gasteiger partial charge in [0.05, 0.1) is 61.5 Å². The van der Waals surface area contributed by atoms with Gasteiger partial charge in [-0.05, 0) is 85.6 Å². The van der Waals surface area contributed by atoms with Crippen molar-refractivity contribution in [2.45, 2.75) is 189 Å².